The largest absolute Gasteiger partial charge is 0.368 e. The second-order valence-corrected chi connectivity index (χ2v) is 6.06. The van der Waals surface area contributed by atoms with Crippen molar-refractivity contribution in [1.82, 2.24) is 4.90 Å². The molecule has 0 aromatic rings. The Balaban J connectivity index is 2.82. The second kappa shape index (κ2) is 5.26. The number of amides is 2. The monoisotopic (exact) mass is 255 g/mol. The van der Waals surface area contributed by atoms with E-state index in [4.69, 9.17) is 11.5 Å². The molecule has 0 saturated heterocycles. The molecular formula is C13H25N3O2. The molecule has 1 aliphatic carbocycles. The molecule has 4 N–H and O–H groups in total. The molecule has 3 unspecified atom stereocenters. The highest BCUT2D eigenvalue weighted by Gasteiger charge is 2.45. The minimum absolute atomic E-state index is 0.00227. The van der Waals surface area contributed by atoms with Crippen LogP contribution in [0, 0.1) is 17.3 Å². The van der Waals surface area contributed by atoms with Gasteiger partial charge in [0.2, 0.25) is 11.8 Å². The molecule has 104 valence electrons. The third-order valence-corrected chi connectivity index (χ3v) is 4.57. The molecule has 1 aliphatic rings. The fourth-order valence-electron chi connectivity index (χ4n) is 2.87. The Labute approximate surface area is 109 Å². The first-order valence-corrected chi connectivity index (χ1v) is 6.46. The molecule has 2 amide bonds. The van der Waals surface area contributed by atoms with E-state index in [1.807, 2.05) is 0 Å². The van der Waals surface area contributed by atoms with Gasteiger partial charge in [-0.2, -0.15) is 0 Å². The lowest BCUT2D eigenvalue weighted by atomic mass is 9.61. The molecular weight excluding hydrogens is 230 g/mol. The summed E-state index contributed by atoms with van der Waals surface area (Å²) >= 11 is 0. The van der Waals surface area contributed by atoms with Gasteiger partial charge in [0, 0.05) is 19.0 Å². The molecule has 0 spiro atoms. The summed E-state index contributed by atoms with van der Waals surface area (Å²) in [6, 6.07) is 0.144. The second-order valence-electron chi connectivity index (χ2n) is 6.06. The summed E-state index contributed by atoms with van der Waals surface area (Å²) in [7, 11) is 1.63. The van der Waals surface area contributed by atoms with Crippen LogP contribution in [0.15, 0.2) is 0 Å². The van der Waals surface area contributed by atoms with Crippen LogP contribution in [-0.2, 0) is 9.59 Å². The quantitative estimate of drug-likeness (QED) is 0.761. The Hall–Kier alpha value is -1.10. The highest BCUT2D eigenvalue weighted by molar-refractivity contribution is 5.85. The van der Waals surface area contributed by atoms with Crippen LogP contribution in [-0.4, -0.2) is 36.3 Å². The van der Waals surface area contributed by atoms with Gasteiger partial charge in [-0.15, -0.1) is 0 Å². The topological polar surface area (TPSA) is 89.4 Å². The number of nitrogens with zero attached hydrogens (tertiary/aromatic N) is 1. The highest BCUT2D eigenvalue weighted by Crippen LogP contribution is 2.44. The van der Waals surface area contributed by atoms with Gasteiger partial charge >= 0.3 is 0 Å². The zero-order valence-corrected chi connectivity index (χ0v) is 11.8. The molecule has 0 aromatic heterocycles. The van der Waals surface area contributed by atoms with Gasteiger partial charge in [0.25, 0.3) is 0 Å². The number of likely N-dealkylation sites (N-methyl/N-ethyl adjacent to an activating group) is 1. The van der Waals surface area contributed by atoms with E-state index in [-0.39, 0.29) is 35.7 Å². The maximum absolute atomic E-state index is 12.4. The third-order valence-electron chi connectivity index (χ3n) is 4.57. The van der Waals surface area contributed by atoms with Gasteiger partial charge < -0.3 is 16.4 Å². The SMILES string of the molecule is CC1C(N)CCC(C(=O)N(C)CC(N)=O)C1(C)C. The first kappa shape index (κ1) is 15.0. The number of carbonyl (C=O) groups excluding carboxylic acids is 2. The smallest absolute Gasteiger partial charge is 0.237 e. The van der Waals surface area contributed by atoms with E-state index in [0.717, 1.165) is 12.8 Å². The maximum Gasteiger partial charge on any atom is 0.237 e. The number of nitrogens with two attached hydrogens (primary N) is 2. The Morgan fingerprint density at radius 2 is 1.89 bits per heavy atom. The predicted molar refractivity (Wildman–Crippen MR) is 70.5 cm³/mol. The van der Waals surface area contributed by atoms with Crippen molar-refractivity contribution in [2.24, 2.45) is 28.7 Å². The van der Waals surface area contributed by atoms with Crippen LogP contribution in [0.5, 0.6) is 0 Å². The van der Waals surface area contributed by atoms with Gasteiger partial charge in [-0.05, 0) is 24.2 Å². The minimum atomic E-state index is -0.482. The van der Waals surface area contributed by atoms with Gasteiger partial charge in [-0.1, -0.05) is 20.8 Å². The lowest BCUT2D eigenvalue weighted by molar-refractivity contribution is -0.144. The first-order valence-electron chi connectivity index (χ1n) is 6.46. The number of rotatable bonds is 3. The Morgan fingerprint density at radius 1 is 1.33 bits per heavy atom. The van der Waals surface area contributed by atoms with E-state index in [9.17, 15) is 9.59 Å². The fraction of sp³-hybridized carbons (Fsp3) is 0.846. The third kappa shape index (κ3) is 2.83. The number of primary amides is 1. The molecule has 0 bridgehead atoms. The van der Waals surface area contributed by atoms with E-state index < -0.39 is 5.91 Å². The zero-order valence-electron chi connectivity index (χ0n) is 11.8. The molecule has 5 heteroatoms. The van der Waals surface area contributed by atoms with Gasteiger partial charge in [0.05, 0.1) is 6.54 Å². The van der Waals surface area contributed by atoms with E-state index in [1.165, 1.54) is 4.90 Å². The minimum Gasteiger partial charge on any atom is -0.368 e. The fourth-order valence-corrected chi connectivity index (χ4v) is 2.87. The molecule has 1 rings (SSSR count). The van der Waals surface area contributed by atoms with E-state index in [1.54, 1.807) is 7.05 Å². The summed E-state index contributed by atoms with van der Waals surface area (Å²) in [5.74, 6) is -0.291. The van der Waals surface area contributed by atoms with Crippen LogP contribution in [0.25, 0.3) is 0 Å². The molecule has 0 aliphatic heterocycles. The standard InChI is InChI=1S/C13H25N3O2/c1-8-10(14)6-5-9(13(8,2)3)12(18)16(4)7-11(15)17/h8-10H,5-7,14H2,1-4H3,(H2,15,17). The van der Waals surface area contributed by atoms with Crippen LogP contribution in [0.2, 0.25) is 0 Å². The summed E-state index contributed by atoms with van der Waals surface area (Å²) in [5, 5.41) is 0. The highest BCUT2D eigenvalue weighted by atomic mass is 16.2. The van der Waals surface area contributed by atoms with Crippen LogP contribution < -0.4 is 11.5 Å². The zero-order chi connectivity index (χ0) is 14.1. The van der Waals surface area contributed by atoms with Crippen molar-refractivity contribution in [3.05, 3.63) is 0 Å². The summed E-state index contributed by atoms with van der Waals surface area (Å²) in [6.45, 7) is 6.23. The van der Waals surface area contributed by atoms with Crippen molar-refractivity contribution < 1.29 is 9.59 Å². The van der Waals surface area contributed by atoms with Gasteiger partial charge in [-0.3, -0.25) is 9.59 Å². The van der Waals surface area contributed by atoms with Gasteiger partial charge in [-0.25, -0.2) is 0 Å². The Morgan fingerprint density at radius 3 is 2.39 bits per heavy atom. The van der Waals surface area contributed by atoms with Crippen molar-refractivity contribution in [3.8, 4) is 0 Å². The van der Waals surface area contributed by atoms with Crippen LogP contribution in [0.3, 0.4) is 0 Å². The van der Waals surface area contributed by atoms with Crippen LogP contribution >= 0.6 is 0 Å². The lowest BCUT2D eigenvalue weighted by Gasteiger charge is -2.46. The van der Waals surface area contributed by atoms with Crippen molar-refractivity contribution >= 4 is 11.8 Å². The van der Waals surface area contributed by atoms with Crippen LogP contribution in [0.4, 0.5) is 0 Å². The van der Waals surface area contributed by atoms with Crippen molar-refractivity contribution in [3.63, 3.8) is 0 Å². The molecule has 1 saturated carbocycles. The van der Waals surface area contributed by atoms with E-state index >= 15 is 0 Å². The number of carbonyl (C=O) groups is 2. The summed E-state index contributed by atoms with van der Waals surface area (Å²) in [5.41, 5.74) is 11.0. The van der Waals surface area contributed by atoms with E-state index in [2.05, 4.69) is 20.8 Å². The Kier molecular flexibility index (Phi) is 4.37. The molecule has 1 fully saturated rings. The van der Waals surface area contributed by atoms with Crippen molar-refractivity contribution in [1.29, 1.82) is 0 Å². The molecule has 5 nitrogen and oxygen atoms in total. The average Bonchev–Trinajstić information content (AvgIpc) is 2.24. The number of hydrogen-bond acceptors (Lipinski definition) is 3. The Bertz CT molecular complexity index is 341. The average molecular weight is 255 g/mol. The molecule has 3 atom stereocenters. The van der Waals surface area contributed by atoms with Gasteiger partial charge in [0.1, 0.15) is 0 Å². The van der Waals surface area contributed by atoms with Crippen molar-refractivity contribution in [2.75, 3.05) is 13.6 Å². The molecule has 0 radical (unpaired) electrons. The summed E-state index contributed by atoms with van der Waals surface area (Å²) in [4.78, 5) is 24.7. The summed E-state index contributed by atoms with van der Waals surface area (Å²) in [6.07, 6.45) is 1.63. The summed E-state index contributed by atoms with van der Waals surface area (Å²) < 4.78 is 0. The normalized spacial score (nSPS) is 30.8. The van der Waals surface area contributed by atoms with E-state index in [0.29, 0.717) is 0 Å². The molecule has 0 heterocycles. The van der Waals surface area contributed by atoms with Crippen LogP contribution in [0.1, 0.15) is 33.6 Å². The molecule has 18 heavy (non-hydrogen) atoms. The lowest BCUT2D eigenvalue weighted by Crippen LogP contribution is -2.52. The van der Waals surface area contributed by atoms with Crippen molar-refractivity contribution in [2.45, 2.75) is 39.7 Å². The van der Waals surface area contributed by atoms with Gasteiger partial charge in [0.15, 0.2) is 0 Å². The first-order chi connectivity index (χ1) is 8.17. The molecule has 0 aromatic carbocycles. The number of hydrogen-bond donors (Lipinski definition) is 2. The maximum atomic E-state index is 12.4. The predicted octanol–water partition coefficient (Wildman–Crippen LogP) is 0.330.